The van der Waals surface area contributed by atoms with Gasteiger partial charge in [0.15, 0.2) is 0 Å². The van der Waals surface area contributed by atoms with E-state index < -0.39 is 34.4 Å². The molecule has 0 aliphatic carbocycles. The predicted molar refractivity (Wildman–Crippen MR) is 154 cm³/mol. The first-order valence-electron chi connectivity index (χ1n) is 11.3. The summed E-state index contributed by atoms with van der Waals surface area (Å²) >= 11 is 24.5. The molecule has 0 bridgehead atoms. The molecule has 0 saturated heterocycles. The molecule has 0 aromatic heterocycles. The number of hydrogen-bond acceptors (Lipinski definition) is 4. The van der Waals surface area contributed by atoms with Gasteiger partial charge in [-0.15, -0.1) is 0 Å². The lowest BCUT2D eigenvalue weighted by molar-refractivity contribution is -0.139. The summed E-state index contributed by atoms with van der Waals surface area (Å²) in [5.74, 6) is -1.04. The lowest BCUT2D eigenvalue weighted by Crippen LogP contribution is -2.52. The molecule has 7 nitrogen and oxygen atoms in total. The number of nitrogens with one attached hydrogen (secondary N) is 1. The smallest absolute Gasteiger partial charge is 0.244 e. The van der Waals surface area contributed by atoms with Crippen LogP contribution in [0.4, 0.5) is 5.69 Å². The molecule has 0 spiro atoms. The number of hydrogen-bond donors (Lipinski definition) is 1. The second-order valence-corrected chi connectivity index (χ2v) is 12.0. The summed E-state index contributed by atoms with van der Waals surface area (Å²) in [5, 5.41) is 3.32. The molecular formula is C26H25Cl4N3O4S. The zero-order valence-corrected chi connectivity index (χ0v) is 24.3. The van der Waals surface area contributed by atoms with Gasteiger partial charge in [0.1, 0.15) is 12.6 Å². The summed E-state index contributed by atoms with van der Waals surface area (Å²) in [6.45, 7) is -0.611. The van der Waals surface area contributed by atoms with E-state index in [0.29, 0.717) is 10.6 Å². The largest absolute Gasteiger partial charge is 0.357 e. The van der Waals surface area contributed by atoms with E-state index in [4.69, 9.17) is 46.4 Å². The first-order chi connectivity index (χ1) is 17.9. The van der Waals surface area contributed by atoms with Crippen LogP contribution in [-0.4, -0.2) is 51.0 Å². The fourth-order valence-corrected chi connectivity index (χ4v) is 5.48. The molecule has 1 unspecified atom stereocenters. The van der Waals surface area contributed by atoms with Crippen molar-refractivity contribution in [2.75, 3.05) is 24.2 Å². The minimum absolute atomic E-state index is 0.00554. The molecular weight excluding hydrogens is 592 g/mol. The Morgan fingerprint density at radius 2 is 1.47 bits per heavy atom. The minimum atomic E-state index is -4.01. The van der Waals surface area contributed by atoms with Gasteiger partial charge in [0.2, 0.25) is 21.8 Å². The average molecular weight is 617 g/mol. The number of nitrogens with zero attached hydrogens (tertiary/aromatic N) is 2. The van der Waals surface area contributed by atoms with E-state index >= 15 is 0 Å². The molecule has 202 valence electrons. The summed E-state index contributed by atoms with van der Waals surface area (Å²) in [6.07, 6.45) is 1.15. The number of carbonyl (C=O) groups excluding carboxylic acids is 2. The third-order valence-corrected chi connectivity index (χ3v) is 8.12. The van der Waals surface area contributed by atoms with Crippen molar-refractivity contribution in [2.45, 2.75) is 19.0 Å². The summed E-state index contributed by atoms with van der Waals surface area (Å²) in [5.41, 5.74) is 1.51. The first-order valence-corrected chi connectivity index (χ1v) is 14.7. The Morgan fingerprint density at radius 3 is 2.05 bits per heavy atom. The highest BCUT2D eigenvalue weighted by Gasteiger charge is 2.33. The van der Waals surface area contributed by atoms with Gasteiger partial charge in [0.05, 0.1) is 27.0 Å². The van der Waals surface area contributed by atoms with Crippen LogP contribution < -0.4 is 9.62 Å². The third kappa shape index (κ3) is 7.77. The van der Waals surface area contributed by atoms with E-state index in [-0.39, 0.29) is 33.7 Å². The Labute approximate surface area is 242 Å². The molecule has 1 N–H and O–H groups in total. The van der Waals surface area contributed by atoms with Crippen molar-refractivity contribution in [1.29, 1.82) is 0 Å². The number of benzene rings is 3. The van der Waals surface area contributed by atoms with Crippen LogP contribution >= 0.6 is 46.4 Å². The standard InChI is InChI=1S/C26H25Cl4N3O4S/c1-31-26(35)24(12-17-6-4-3-5-7-17)32(15-18-8-10-19(27)11-9-18)25(34)16-33(38(2,36)37)23-14-21(29)20(28)13-22(23)30/h3-11,13-14,24H,12,15-16H2,1-2H3,(H,31,35). The zero-order valence-electron chi connectivity index (χ0n) is 20.5. The van der Waals surface area contributed by atoms with E-state index in [2.05, 4.69) is 5.32 Å². The van der Waals surface area contributed by atoms with Crippen molar-refractivity contribution in [3.05, 3.63) is 97.9 Å². The maximum Gasteiger partial charge on any atom is 0.244 e. The number of halogens is 4. The number of anilines is 1. The monoisotopic (exact) mass is 615 g/mol. The van der Waals surface area contributed by atoms with Gasteiger partial charge >= 0.3 is 0 Å². The molecule has 0 radical (unpaired) electrons. The van der Waals surface area contributed by atoms with Crippen molar-refractivity contribution >= 4 is 73.9 Å². The van der Waals surface area contributed by atoms with E-state index in [1.54, 1.807) is 24.3 Å². The molecule has 3 aromatic rings. The Morgan fingerprint density at radius 1 is 0.868 bits per heavy atom. The van der Waals surface area contributed by atoms with Gasteiger partial charge in [-0.05, 0) is 35.4 Å². The summed E-state index contributed by atoms with van der Waals surface area (Å²) < 4.78 is 26.5. The molecule has 0 saturated carbocycles. The van der Waals surface area contributed by atoms with Gasteiger partial charge in [0, 0.05) is 25.0 Å². The Balaban J connectivity index is 2.06. The molecule has 3 aromatic carbocycles. The first kappa shape index (κ1) is 30.1. The van der Waals surface area contributed by atoms with Crippen molar-refractivity contribution < 1.29 is 18.0 Å². The SMILES string of the molecule is CNC(=O)C(Cc1ccccc1)N(Cc1ccc(Cl)cc1)C(=O)CN(c1cc(Cl)c(Cl)cc1Cl)S(C)(=O)=O. The average Bonchev–Trinajstić information content (AvgIpc) is 2.87. The minimum Gasteiger partial charge on any atom is -0.357 e. The predicted octanol–water partition coefficient (Wildman–Crippen LogP) is 5.45. The quantitative estimate of drug-likeness (QED) is 0.307. The molecule has 38 heavy (non-hydrogen) atoms. The van der Waals surface area contributed by atoms with Crippen LogP contribution in [0, 0.1) is 0 Å². The second kappa shape index (κ2) is 13.0. The molecule has 0 aliphatic rings. The molecule has 0 fully saturated rings. The van der Waals surface area contributed by atoms with Crippen LogP contribution in [0.2, 0.25) is 20.1 Å². The maximum absolute atomic E-state index is 13.9. The van der Waals surface area contributed by atoms with Gasteiger partial charge in [-0.3, -0.25) is 13.9 Å². The van der Waals surface area contributed by atoms with Crippen molar-refractivity contribution in [1.82, 2.24) is 10.2 Å². The number of sulfonamides is 1. The van der Waals surface area contributed by atoms with Crippen LogP contribution in [-0.2, 0) is 32.6 Å². The normalized spacial score (nSPS) is 12.1. The van der Waals surface area contributed by atoms with Gasteiger partial charge in [-0.1, -0.05) is 88.9 Å². The van der Waals surface area contributed by atoms with Gasteiger partial charge in [-0.25, -0.2) is 8.42 Å². The highest BCUT2D eigenvalue weighted by Crippen LogP contribution is 2.35. The van der Waals surface area contributed by atoms with Crippen molar-refractivity contribution in [2.24, 2.45) is 0 Å². The van der Waals surface area contributed by atoms with Crippen molar-refractivity contribution in [3.8, 4) is 0 Å². The van der Waals surface area contributed by atoms with E-state index in [9.17, 15) is 18.0 Å². The summed E-state index contributed by atoms with van der Waals surface area (Å²) in [4.78, 5) is 28.3. The second-order valence-electron chi connectivity index (χ2n) is 8.46. The summed E-state index contributed by atoms with van der Waals surface area (Å²) in [6, 6.07) is 17.6. The topological polar surface area (TPSA) is 86.8 Å². The highest BCUT2D eigenvalue weighted by atomic mass is 35.5. The molecule has 12 heteroatoms. The molecule has 2 amide bonds. The number of rotatable bonds is 10. The fourth-order valence-electron chi connectivity index (χ4n) is 3.81. The Bertz CT molecular complexity index is 1400. The molecule has 3 rings (SSSR count). The van der Waals surface area contributed by atoms with Crippen LogP contribution in [0.5, 0.6) is 0 Å². The maximum atomic E-state index is 13.9. The Kier molecular flexibility index (Phi) is 10.3. The van der Waals surface area contributed by atoms with Crippen LogP contribution in [0.1, 0.15) is 11.1 Å². The molecule has 0 heterocycles. The van der Waals surface area contributed by atoms with Crippen LogP contribution in [0.25, 0.3) is 0 Å². The van der Waals surface area contributed by atoms with E-state index in [1.807, 2.05) is 30.3 Å². The lowest BCUT2D eigenvalue weighted by atomic mass is 10.0. The van der Waals surface area contributed by atoms with Gasteiger partial charge in [-0.2, -0.15) is 0 Å². The van der Waals surface area contributed by atoms with E-state index in [0.717, 1.165) is 16.1 Å². The van der Waals surface area contributed by atoms with Crippen LogP contribution in [0.15, 0.2) is 66.7 Å². The number of likely N-dealkylation sites (N-methyl/N-ethyl adjacent to an activating group) is 1. The zero-order chi connectivity index (χ0) is 28.0. The number of carbonyl (C=O) groups is 2. The molecule has 1 atom stereocenters. The fraction of sp³-hybridized carbons (Fsp3) is 0.231. The van der Waals surface area contributed by atoms with E-state index in [1.165, 1.54) is 24.1 Å². The van der Waals surface area contributed by atoms with Gasteiger partial charge in [0.25, 0.3) is 0 Å². The number of amides is 2. The van der Waals surface area contributed by atoms with Gasteiger partial charge < -0.3 is 10.2 Å². The van der Waals surface area contributed by atoms with Crippen molar-refractivity contribution in [3.63, 3.8) is 0 Å². The lowest BCUT2D eigenvalue weighted by Gasteiger charge is -2.33. The van der Waals surface area contributed by atoms with Crippen LogP contribution in [0.3, 0.4) is 0 Å². The Hall–Kier alpha value is -2.49. The molecule has 0 aliphatic heterocycles. The third-order valence-electron chi connectivity index (χ3n) is 5.72. The summed E-state index contributed by atoms with van der Waals surface area (Å²) in [7, 11) is -2.53. The highest BCUT2D eigenvalue weighted by molar-refractivity contribution is 7.92.